The van der Waals surface area contributed by atoms with Crippen LogP contribution in [0.4, 0.5) is 0 Å². The number of thiophene rings is 1. The van der Waals surface area contributed by atoms with Crippen LogP contribution in [0.3, 0.4) is 0 Å². The minimum Gasteiger partial charge on any atom is -0.366 e. The van der Waals surface area contributed by atoms with Crippen LogP contribution >= 0.6 is 11.3 Å². The van der Waals surface area contributed by atoms with Crippen LogP contribution < -0.4 is 5.73 Å². The van der Waals surface area contributed by atoms with Crippen LogP contribution in [0.1, 0.15) is 27.7 Å². The molecule has 5 aromatic rings. The molecule has 158 valence electrons. The Balaban J connectivity index is 1.61. The molecule has 3 aromatic heterocycles. The molecule has 0 radical (unpaired) electrons. The number of fused-ring (bicyclic) bond motifs is 1. The zero-order chi connectivity index (χ0) is 22.2. The molecule has 2 N–H and O–H groups in total. The average Bonchev–Trinajstić information content (AvgIpc) is 3.52. The maximum absolute atomic E-state index is 11.7. The molecule has 0 atom stereocenters. The summed E-state index contributed by atoms with van der Waals surface area (Å²) >= 11 is 1.75. The number of imidazole rings is 1. The lowest BCUT2D eigenvalue weighted by atomic mass is 10.1. The summed E-state index contributed by atoms with van der Waals surface area (Å²) in [5.74, 6) is -0.417. The van der Waals surface area contributed by atoms with Crippen molar-refractivity contribution >= 4 is 33.0 Å². The van der Waals surface area contributed by atoms with E-state index in [4.69, 9.17) is 5.73 Å². The molecule has 0 saturated carbocycles. The summed E-state index contributed by atoms with van der Waals surface area (Å²) in [6.45, 7) is 6.77. The first-order valence-electron chi connectivity index (χ1n) is 10.3. The largest absolute Gasteiger partial charge is 0.366 e. The summed E-state index contributed by atoms with van der Waals surface area (Å²) in [5, 5.41) is 0. The Kier molecular flexibility index (Phi) is 4.99. The van der Waals surface area contributed by atoms with Gasteiger partial charge in [-0.3, -0.25) is 4.79 Å². The Morgan fingerprint density at radius 2 is 1.94 bits per heavy atom. The van der Waals surface area contributed by atoms with Gasteiger partial charge >= 0.3 is 0 Å². The van der Waals surface area contributed by atoms with E-state index in [1.807, 2.05) is 35.9 Å². The van der Waals surface area contributed by atoms with E-state index in [2.05, 4.69) is 52.5 Å². The number of aromatic nitrogens is 3. The van der Waals surface area contributed by atoms with Crippen LogP contribution in [0.15, 0.2) is 86.0 Å². The SMILES string of the molecule is C=C(C)c1cc2c(cc(-c3ccc(-n4ccnc4)cc3)n2Cc2cccc(C(N)=O)c2)s1. The second-order valence-electron chi connectivity index (χ2n) is 7.84. The fraction of sp³-hybridized carbons (Fsp3) is 0.0769. The highest BCUT2D eigenvalue weighted by Crippen LogP contribution is 2.36. The van der Waals surface area contributed by atoms with Crippen LogP contribution in [0.2, 0.25) is 0 Å². The smallest absolute Gasteiger partial charge is 0.248 e. The van der Waals surface area contributed by atoms with Crippen LogP contribution in [0.5, 0.6) is 0 Å². The van der Waals surface area contributed by atoms with Crippen molar-refractivity contribution in [3.8, 4) is 16.9 Å². The number of hydrogen-bond donors (Lipinski definition) is 1. The molecular weight excluding hydrogens is 416 g/mol. The highest BCUT2D eigenvalue weighted by Gasteiger charge is 2.15. The van der Waals surface area contributed by atoms with E-state index in [1.54, 1.807) is 29.9 Å². The van der Waals surface area contributed by atoms with Crippen molar-refractivity contribution in [3.63, 3.8) is 0 Å². The number of benzene rings is 2. The maximum Gasteiger partial charge on any atom is 0.248 e. The number of hydrogen-bond acceptors (Lipinski definition) is 3. The Hall–Kier alpha value is -3.90. The first-order chi connectivity index (χ1) is 15.5. The molecule has 3 heterocycles. The van der Waals surface area contributed by atoms with Crippen LogP contribution in [0.25, 0.3) is 32.7 Å². The Labute approximate surface area is 190 Å². The van der Waals surface area contributed by atoms with Crippen molar-refractivity contribution in [2.24, 2.45) is 5.73 Å². The Morgan fingerprint density at radius 1 is 1.12 bits per heavy atom. The topological polar surface area (TPSA) is 65.8 Å². The summed E-state index contributed by atoms with van der Waals surface area (Å²) in [4.78, 5) is 17.0. The second-order valence-corrected chi connectivity index (χ2v) is 8.92. The van der Waals surface area contributed by atoms with Crippen LogP contribution in [-0.4, -0.2) is 20.0 Å². The summed E-state index contributed by atoms with van der Waals surface area (Å²) in [5.41, 5.74) is 12.6. The monoisotopic (exact) mass is 438 g/mol. The van der Waals surface area contributed by atoms with E-state index in [0.717, 1.165) is 33.6 Å². The number of nitrogens with two attached hydrogens (primary N) is 1. The number of amides is 1. The normalized spacial score (nSPS) is 11.2. The third kappa shape index (κ3) is 3.65. The minimum atomic E-state index is -0.417. The highest BCUT2D eigenvalue weighted by molar-refractivity contribution is 7.20. The predicted molar refractivity (Wildman–Crippen MR) is 131 cm³/mol. The number of carbonyl (C=O) groups excluding carboxylic acids is 1. The van der Waals surface area contributed by atoms with Gasteiger partial charge < -0.3 is 14.9 Å². The van der Waals surface area contributed by atoms with Gasteiger partial charge in [-0.25, -0.2) is 4.98 Å². The number of nitrogens with zero attached hydrogens (tertiary/aromatic N) is 3. The van der Waals surface area contributed by atoms with Crippen molar-refractivity contribution in [1.29, 1.82) is 0 Å². The van der Waals surface area contributed by atoms with Crippen LogP contribution in [0, 0.1) is 0 Å². The molecule has 0 saturated heterocycles. The first kappa shape index (κ1) is 20.0. The number of carbonyl (C=O) groups is 1. The number of rotatable bonds is 6. The molecule has 0 spiro atoms. The van der Waals surface area contributed by atoms with Crippen molar-refractivity contribution in [2.45, 2.75) is 13.5 Å². The molecular formula is C26H22N4OS. The van der Waals surface area contributed by atoms with Gasteiger partial charge in [-0.1, -0.05) is 30.8 Å². The Bertz CT molecular complexity index is 1440. The van der Waals surface area contributed by atoms with Gasteiger partial charge in [0.2, 0.25) is 5.91 Å². The fourth-order valence-corrected chi connectivity index (χ4v) is 4.91. The van der Waals surface area contributed by atoms with Gasteiger partial charge in [0.25, 0.3) is 0 Å². The molecule has 5 rings (SSSR count). The fourth-order valence-electron chi connectivity index (χ4n) is 3.88. The summed E-state index contributed by atoms with van der Waals surface area (Å²) in [7, 11) is 0. The summed E-state index contributed by atoms with van der Waals surface area (Å²) in [6, 6.07) is 20.4. The second kappa shape index (κ2) is 7.98. The lowest BCUT2D eigenvalue weighted by molar-refractivity contribution is 0.1000. The molecule has 2 aromatic carbocycles. The lowest BCUT2D eigenvalue weighted by Crippen LogP contribution is -2.11. The lowest BCUT2D eigenvalue weighted by Gasteiger charge is -2.12. The van der Waals surface area contributed by atoms with Gasteiger partial charge in [-0.05, 0) is 60.0 Å². The van der Waals surface area contributed by atoms with E-state index < -0.39 is 5.91 Å². The van der Waals surface area contributed by atoms with E-state index >= 15 is 0 Å². The van der Waals surface area contributed by atoms with E-state index in [1.165, 1.54) is 9.58 Å². The van der Waals surface area contributed by atoms with Crippen molar-refractivity contribution in [1.82, 2.24) is 14.1 Å². The van der Waals surface area contributed by atoms with Gasteiger partial charge in [0.1, 0.15) is 0 Å². The van der Waals surface area contributed by atoms with E-state index in [0.29, 0.717) is 12.1 Å². The number of primary amides is 1. The van der Waals surface area contributed by atoms with Crippen LogP contribution in [-0.2, 0) is 6.54 Å². The molecule has 6 heteroatoms. The molecule has 0 aliphatic heterocycles. The third-order valence-corrected chi connectivity index (χ3v) is 6.76. The highest BCUT2D eigenvalue weighted by atomic mass is 32.1. The zero-order valence-electron chi connectivity index (χ0n) is 17.7. The quantitative estimate of drug-likeness (QED) is 0.368. The zero-order valence-corrected chi connectivity index (χ0v) is 18.5. The predicted octanol–water partition coefficient (Wildman–Crippen LogP) is 5.74. The molecule has 0 aliphatic rings. The van der Waals surface area contributed by atoms with Gasteiger partial charge in [0.15, 0.2) is 0 Å². The van der Waals surface area contributed by atoms with Gasteiger partial charge in [0.05, 0.1) is 22.2 Å². The molecule has 0 aliphatic carbocycles. The molecule has 5 nitrogen and oxygen atoms in total. The van der Waals surface area contributed by atoms with Gasteiger partial charge in [0, 0.05) is 35.1 Å². The van der Waals surface area contributed by atoms with Crippen molar-refractivity contribution in [2.75, 3.05) is 0 Å². The minimum absolute atomic E-state index is 0.417. The third-order valence-electron chi connectivity index (χ3n) is 5.53. The maximum atomic E-state index is 11.7. The molecule has 0 bridgehead atoms. The Morgan fingerprint density at radius 3 is 2.62 bits per heavy atom. The average molecular weight is 439 g/mol. The molecule has 32 heavy (non-hydrogen) atoms. The van der Waals surface area contributed by atoms with Gasteiger partial charge in [-0.15, -0.1) is 11.3 Å². The van der Waals surface area contributed by atoms with Gasteiger partial charge in [-0.2, -0.15) is 0 Å². The van der Waals surface area contributed by atoms with Crippen molar-refractivity contribution in [3.05, 3.63) is 102 Å². The molecule has 1 amide bonds. The summed E-state index contributed by atoms with van der Waals surface area (Å²) < 4.78 is 5.49. The van der Waals surface area contributed by atoms with E-state index in [-0.39, 0.29) is 0 Å². The molecule has 0 fully saturated rings. The number of allylic oxidation sites excluding steroid dienone is 1. The standard InChI is InChI=1S/C26H22N4OS/c1-17(2)24-14-23-25(32-24)13-22(19-6-8-21(9-7-19)29-11-10-28-16-29)30(23)15-18-4-3-5-20(12-18)26(27)31/h3-14,16H,1,15H2,2H3,(H2,27,31). The van der Waals surface area contributed by atoms with E-state index in [9.17, 15) is 4.79 Å². The first-order valence-corrected chi connectivity index (χ1v) is 11.1. The molecule has 0 unspecified atom stereocenters. The van der Waals surface area contributed by atoms with Crippen molar-refractivity contribution < 1.29 is 4.79 Å². The summed E-state index contributed by atoms with van der Waals surface area (Å²) in [6.07, 6.45) is 5.49.